The van der Waals surface area contributed by atoms with E-state index in [-0.39, 0.29) is 17.9 Å². The number of amides is 1. The van der Waals surface area contributed by atoms with Crippen LogP contribution in [-0.2, 0) is 37.3 Å². The van der Waals surface area contributed by atoms with Gasteiger partial charge in [0, 0.05) is 37.0 Å². The summed E-state index contributed by atoms with van der Waals surface area (Å²) in [5.41, 5.74) is 2.06. The number of anilines is 1. The Morgan fingerprint density at radius 1 is 1.00 bits per heavy atom. The predicted octanol–water partition coefficient (Wildman–Crippen LogP) is 3.57. The third kappa shape index (κ3) is 7.87. The fourth-order valence-electron chi connectivity index (χ4n) is 4.45. The Labute approximate surface area is 251 Å². The number of methoxy groups -OCH3 is 1. The second kappa shape index (κ2) is 12.8. The molecule has 1 atom stereocenters. The van der Waals surface area contributed by atoms with Crippen molar-refractivity contribution in [2.45, 2.75) is 50.3 Å². The van der Waals surface area contributed by atoms with Crippen LogP contribution in [0.15, 0.2) is 71.8 Å². The Morgan fingerprint density at radius 2 is 1.67 bits per heavy atom. The number of nitrogens with zero attached hydrogens (tertiary/aromatic N) is 4. The summed E-state index contributed by atoms with van der Waals surface area (Å²) in [6.07, 6.45) is 1.09. The van der Waals surface area contributed by atoms with E-state index >= 15 is 0 Å². The van der Waals surface area contributed by atoms with Gasteiger partial charge in [0.25, 0.3) is 0 Å². The summed E-state index contributed by atoms with van der Waals surface area (Å²) in [5, 5.41) is 12.3. The number of alkyl carbamates (subject to hydrolysis) is 1. The van der Waals surface area contributed by atoms with Crippen LogP contribution in [0.1, 0.15) is 32.0 Å². The van der Waals surface area contributed by atoms with Gasteiger partial charge in [-0.2, -0.15) is 0 Å². The van der Waals surface area contributed by atoms with Crippen LogP contribution in [0.4, 0.5) is 10.5 Å². The number of rotatable bonds is 10. The van der Waals surface area contributed by atoms with Crippen molar-refractivity contribution in [3.05, 3.63) is 78.1 Å². The van der Waals surface area contributed by atoms with Crippen molar-refractivity contribution in [2.24, 2.45) is 0 Å². The van der Waals surface area contributed by atoms with E-state index in [1.807, 2.05) is 37.2 Å². The lowest BCUT2D eigenvalue weighted by atomic mass is 10.1. The van der Waals surface area contributed by atoms with Crippen molar-refractivity contribution < 1.29 is 27.5 Å². The molecule has 228 valence electrons. The minimum Gasteiger partial charge on any atom is -0.467 e. The molecular weight excluding hydrogens is 572 g/mol. The molecule has 43 heavy (non-hydrogen) atoms. The van der Waals surface area contributed by atoms with Crippen LogP contribution < -0.4 is 14.9 Å². The third-order valence-corrected chi connectivity index (χ3v) is 7.89. The average molecular weight is 609 g/mol. The lowest BCUT2D eigenvalue weighted by Gasteiger charge is -2.22. The molecule has 2 N–H and O–H groups in total. The van der Waals surface area contributed by atoms with Crippen LogP contribution in [0.5, 0.6) is 0 Å². The molecule has 1 amide bonds. The van der Waals surface area contributed by atoms with Crippen molar-refractivity contribution in [3.63, 3.8) is 0 Å². The maximum atomic E-state index is 13.3. The topological polar surface area (TPSA) is 145 Å². The van der Waals surface area contributed by atoms with Gasteiger partial charge in [-0.25, -0.2) is 27.4 Å². The molecule has 1 heterocycles. The number of hydrogen-bond acceptors (Lipinski definition) is 9. The number of ether oxygens (including phenoxy) is 2. The molecule has 3 aromatic carbocycles. The summed E-state index contributed by atoms with van der Waals surface area (Å²) in [6.45, 7) is 5.14. The molecule has 13 heteroatoms. The largest absolute Gasteiger partial charge is 0.467 e. The van der Waals surface area contributed by atoms with E-state index in [1.54, 1.807) is 69.4 Å². The smallest absolute Gasteiger partial charge is 0.408 e. The average Bonchev–Trinajstić information content (AvgIpc) is 3.43. The minimum absolute atomic E-state index is 0.0542. The molecule has 0 saturated carbocycles. The second-order valence-corrected chi connectivity index (χ2v) is 12.8. The van der Waals surface area contributed by atoms with E-state index in [0.29, 0.717) is 16.8 Å². The van der Waals surface area contributed by atoms with Gasteiger partial charge in [-0.05, 0) is 50.6 Å². The molecule has 0 aliphatic rings. The molecule has 0 spiro atoms. The van der Waals surface area contributed by atoms with E-state index in [1.165, 1.54) is 11.8 Å². The summed E-state index contributed by atoms with van der Waals surface area (Å²) in [4.78, 5) is 26.6. The van der Waals surface area contributed by atoms with Crippen molar-refractivity contribution in [3.8, 4) is 5.69 Å². The molecule has 0 aliphatic heterocycles. The monoisotopic (exact) mass is 608 g/mol. The second-order valence-electron chi connectivity index (χ2n) is 11.1. The Morgan fingerprint density at radius 3 is 2.33 bits per heavy atom. The molecule has 4 rings (SSSR count). The first-order valence-corrected chi connectivity index (χ1v) is 15.0. The number of aromatic nitrogens is 3. The first-order chi connectivity index (χ1) is 20.3. The van der Waals surface area contributed by atoms with Crippen molar-refractivity contribution >= 4 is 38.5 Å². The standard InChI is InChI=1S/C30H36N6O6S/c1-30(2,3)42-29(38)32-25(28(37)41-6)17-20-13-15-22(16-14-20)36-19-21(33-34-36)18-31-43(39,40)27-12-8-9-23-24(27)10-7-11-26(23)35(4)5/h7-16,19,25,31H,17-18H2,1-6H3,(H,32,38)/t25-/m0/s1. The zero-order valence-corrected chi connectivity index (χ0v) is 25.8. The predicted molar refractivity (Wildman–Crippen MR) is 163 cm³/mol. The zero-order valence-electron chi connectivity index (χ0n) is 25.0. The molecule has 0 fully saturated rings. The number of fused-ring (bicyclic) bond motifs is 1. The summed E-state index contributed by atoms with van der Waals surface area (Å²) in [5.74, 6) is -0.597. The number of sulfonamides is 1. The molecule has 0 bridgehead atoms. The summed E-state index contributed by atoms with van der Waals surface area (Å²) < 4.78 is 40.8. The molecule has 0 unspecified atom stereocenters. The highest BCUT2D eigenvalue weighted by molar-refractivity contribution is 7.89. The number of esters is 1. The van der Waals surface area contributed by atoms with Crippen LogP contribution in [0.2, 0.25) is 0 Å². The number of carbonyl (C=O) groups is 2. The molecular formula is C30H36N6O6S. The third-order valence-electron chi connectivity index (χ3n) is 6.43. The number of hydrogen-bond donors (Lipinski definition) is 2. The fourth-order valence-corrected chi connectivity index (χ4v) is 5.67. The Hall–Kier alpha value is -4.49. The van der Waals surface area contributed by atoms with Gasteiger partial charge in [-0.3, -0.25) is 0 Å². The van der Waals surface area contributed by atoms with E-state index in [9.17, 15) is 18.0 Å². The van der Waals surface area contributed by atoms with Crippen molar-refractivity contribution in [1.82, 2.24) is 25.0 Å². The first-order valence-electron chi connectivity index (χ1n) is 13.5. The van der Waals surface area contributed by atoms with Crippen LogP contribution >= 0.6 is 0 Å². The number of benzene rings is 3. The van der Waals surface area contributed by atoms with E-state index in [4.69, 9.17) is 9.47 Å². The minimum atomic E-state index is -3.85. The molecule has 0 radical (unpaired) electrons. The van der Waals surface area contributed by atoms with Gasteiger partial charge >= 0.3 is 12.1 Å². The number of carbonyl (C=O) groups excluding carboxylic acids is 2. The van der Waals surface area contributed by atoms with Gasteiger partial charge in [0.1, 0.15) is 11.6 Å². The van der Waals surface area contributed by atoms with Gasteiger partial charge < -0.3 is 19.7 Å². The van der Waals surface area contributed by atoms with Gasteiger partial charge in [0.05, 0.1) is 36.1 Å². The van der Waals surface area contributed by atoms with E-state index in [2.05, 4.69) is 20.4 Å². The van der Waals surface area contributed by atoms with Gasteiger partial charge in [-0.1, -0.05) is 41.6 Å². The summed E-state index contributed by atoms with van der Waals surface area (Å²) in [6, 6.07) is 17.0. The Balaban J connectivity index is 1.43. The van der Waals surface area contributed by atoms with Crippen LogP contribution in [0.25, 0.3) is 16.5 Å². The summed E-state index contributed by atoms with van der Waals surface area (Å²) in [7, 11) is 1.22. The maximum Gasteiger partial charge on any atom is 0.408 e. The molecule has 12 nitrogen and oxygen atoms in total. The van der Waals surface area contributed by atoms with Gasteiger partial charge in [0.2, 0.25) is 10.0 Å². The first kappa shape index (κ1) is 31.4. The SMILES string of the molecule is COC(=O)[C@H](Cc1ccc(-n2cc(CNS(=O)(=O)c3cccc4c(N(C)C)cccc34)nn2)cc1)NC(=O)OC(C)(C)C. The Bertz CT molecular complexity index is 1710. The van der Waals surface area contributed by atoms with Crippen LogP contribution in [-0.4, -0.2) is 68.3 Å². The lowest BCUT2D eigenvalue weighted by Crippen LogP contribution is -2.45. The van der Waals surface area contributed by atoms with E-state index < -0.39 is 33.7 Å². The van der Waals surface area contributed by atoms with Crippen molar-refractivity contribution in [1.29, 1.82) is 0 Å². The van der Waals surface area contributed by atoms with Crippen LogP contribution in [0.3, 0.4) is 0 Å². The van der Waals surface area contributed by atoms with Gasteiger partial charge in [-0.15, -0.1) is 5.10 Å². The van der Waals surface area contributed by atoms with Crippen molar-refractivity contribution in [2.75, 3.05) is 26.1 Å². The highest BCUT2D eigenvalue weighted by Gasteiger charge is 2.25. The molecule has 4 aromatic rings. The highest BCUT2D eigenvalue weighted by Crippen LogP contribution is 2.30. The highest BCUT2D eigenvalue weighted by atomic mass is 32.2. The molecule has 1 aromatic heterocycles. The molecule has 0 saturated heterocycles. The quantitative estimate of drug-likeness (QED) is 0.258. The normalized spacial score (nSPS) is 12.5. The summed E-state index contributed by atoms with van der Waals surface area (Å²) >= 11 is 0. The number of nitrogens with one attached hydrogen (secondary N) is 2. The fraction of sp³-hybridized carbons (Fsp3) is 0.333. The zero-order chi connectivity index (χ0) is 31.4. The van der Waals surface area contributed by atoms with E-state index in [0.717, 1.165) is 16.6 Å². The Kier molecular flexibility index (Phi) is 9.36. The maximum absolute atomic E-state index is 13.3. The van der Waals surface area contributed by atoms with Gasteiger partial charge in [0.15, 0.2) is 0 Å². The molecule has 0 aliphatic carbocycles. The van der Waals surface area contributed by atoms with Crippen LogP contribution in [0, 0.1) is 0 Å². The lowest BCUT2D eigenvalue weighted by molar-refractivity contribution is -0.143.